The lowest BCUT2D eigenvalue weighted by Gasteiger charge is -2.27. The van der Waals surface area contributed by atoms with Gasteiger partial charge in [-0.3, -0.25) is 0 Å². The van der Waals surface area contributed by atoms with Crippen LogP contribution in [0.2, 0.25) is 0 Å². The summed E-state index contributed by atoms with van der Waals surface area (Å²) in [6, 6.07) is 7.54. The van der Waals surface area contributed by atoms with Gasteiger partial charge in [-0.05, 0) is 25.1 Å². The molecule has 0 aliphatic carbocycles. The van der Waals surface area contributed by atoms with Gasteiger partial charge in [-0.15, -0.1) is 11.3 Å². The highest BCUT2D eigenvalue weighted by molar-refractivity contribution is 7.13. The summed E-state index contributed by atoms with van der Waals surface area (Å²) in [5.74, 6) is 2.15. The smallest absolute Gasteiger partial charge is 0.180 e. The molecule has 1 aliphatic rings. The van der Waals surface area contributed by atoms with Crippen LogP contribution in [0.4, 0.5) is 16.6 Å². The molecule has 6 N–H and O–H groups in total. The second kappa shape index (κ2) is 9.14. The molecule has 0 unspecified atom stereocenters. The number of nitrogens with zero attached hydrogens (tertiary/aromatic N) is 3. The maximum Gasteiger partial charge on any atom is 0.180 e. The largest absolute Gasteiger partial charge is 0.490 e. The Balaban J connectivity index is 1.30. The van der Waals surface area contributed by atoms with Gasteiger partial charge in [0.2, 0.25) is 0 Å². The molecular weight excluding hydrogens is 402 g/mol. The number of anilines is 3. The molecule has 9 nitrogen and oxygen atoms in total. The fourth-order valence-electron chi connectivity index (χ4n) is 2.99. The van der Waals surface area contributed by atoms with Crippen LogP contribution in [0.5, 0.6) is 5.75 Å². The van der Waals surface area contributed by atoms with Crippen LogP contribution in [0.1, 0.15) is 12.6 Å². The van der Waals surface area contributed by atoms with E-state index >= 15 is 0 Å². The number of hydrogen-bond donors (Lipinski definition) is 4. The Morgan fingerprint density at radius 2 is 2.13 bits per heavy atom. The first-order valence-electron chi connectivity index (χ1n) is 9.74. The molecule has 1 aliphatic heterocycles. The molecule has 3 heterocycles. The lowest BCUT2D eigenvalue weighted by molar-refractivity contribution is 0.107. The zero-order valence-electron chi connectivity index (χ0n) is 16.7. The predicted molar refractivity (Wildman–Crippen MR) is 121 cm³/mol. The quantitative estimate of drug-likeness (QED) is 0.232. The summed E-state index contributed by atoms with van der Waals surface area (Å²) in [4.78, 5) is 14.1. The van der Waals surface area contributed by atoms with E-state index in [9.17, 15) is 0 Å². The number of fused-ring (bicyclic) bond motifs is 1. The standard InChI is InChI=1S/C20H25N7O2S/c1-12(18-11-30-20(22)26-18)27-29-5-4-28-14-2-3-17-15(6-14)16(21)7-19(25-17)24-10-13-8-23-9-13/h2-3,6-7,11,13,23H,4-5,8-10H2,1H3,(H2,22,26)(H3,21,24,25)/b27-12+. The number of benzene rings is 1. The number of rotatable bonds is 9. The predicted octanol–water partition coefficient (Wildman–Crippen LogP) is 2.31. The summed E-state index contributed by atoms with van der Waals surface area (Å²) in [6.07, 6.45) is 0. The van der Waals surface area contributed by atoms with E-state index in [1.165, 1.54) is 11.3 Å². The average molecular weight is 428 g/mol. The number of hydrogen-bond acceptors (Lipinski definition) is 10. The highest BCUT2D eigenvalue weighted by Crippen LogP contribution is 2.27. The summed E-state index contributed by atoms with van der Waals surface area (Å²) >= 11 is 1.37. The Kier molecular flexibility index (Phi) is 6.15. The van der Waals surface area contributed by atoms with Gasteiger partial charge in [-0.1, -0.05) is 5.16 Å². The van der Waals surface area contributed by atoms with E-state index in [0.717, 1.165) is 36.4 Å². The molecule has 0 spiro atoms. The second-order valence-corrected chi connectivity index (χ2v) is 8.00. The monoisotopic (exact) mass is 427 g/mol. The molecule has 10 heteroatoms. The van der Waals surface area contributed by atoms with Crippen LogP contribution in [0.25, 0.3) is 10.9 Å². The van der Waals surface area contributed by atoms with E-state index in [2.05, 4.69) is 25.8 Å². The highest BCUT2D eigenvalue weighted by atomic mass is 32.1. The number of nitrogens with two attached hydrogens (primary N) is 2. The van der Waals surface area contributed by atoms with Crippen LogP contribution in [0, 0.1) is 5.92 Å². The van der Waals surface area contributed by atoms with Crippen LogP contribution in [-0.4, -0.2) is 48.5 Å². The van der Waals surface area contributed by atoms with Crippen molar-refractivity contribution in [2.24, 2.45) is 11.1 Å². The minimum atomic E-state index is 0.307. The van der Waals surface area contributed by atoms with Gasteiger partial charge in [-0.2, -0.15) is 0 Å². The average Bonchev–Trinajstić information content (AvgIpc) is 3.13. The number of ether oxygens (including phenoxy) is 1. The van der Waals surface area contributed by atoms with Gasteiger partial charge < -0.3 is 31.7 Å². The Labute approximate surface area is 178 Å². The zero-order chi connectivity index (χ0) is 20.9. The van der Waals surface area contributed by atoms with Crippen molar-refractivity contribution >= 4 is 44.6 Å². The van der Waals surface area contributed by atoms with Crippen molar-refractivity contribution in [1.29, 1.82) is 0 Å². The van der Waals surface area contributed by atoms with Crippen LogP contribution in [-0.2, 0) is 4.84 Å². The van der Waals surface area contributed by atoms with Crippen LogP contribution in [0.3, 0.4) is 0 Å². The Hall–Kier alpha value is -3.11. The van der Waals surface area contributed by atoms with Crippen LogP contribution in [0.15, 0.2) is 34.8 Å². The summed E-state index contributed by atoms with van der Waals surface area (Å²) in [5, 5.41) is 13.9. The first-order chi connectivity index (χ1) is 14.6. The van der Waals surface area contributed by atoms with E-state index in [0.29, 0.717) is 47.1 Å². The molecule has 3 aromatic rings. The molecule has 4 rings (SSSR count). The summed E-state index contributed by atoms with van der Waals surface area (Å²) in [6.45, 7) is 5.46. The molecule has 0 bridgehead atoms. The van der Waals surface area contributed by atoms with Crippen LogP contribution >= 0.6 is 11.3 Å². The third kappa shape index (κ3) is 4.89. The van der Waals surface area contributed by atoms with Crippen molar-refractivity contribution in [3.63, 3.8) is 0 Å². The SMILES string of the molecule is C/C(=N\OCCOc1ccc2nc(NCC3CNC3)cc(N)c2c1)c1csc(N)n1. The lowest BCUT2D eigenvalue weighted by Crippen LogP contribution is -2.45. The van der Waals surface area contributed by atoms with Crippen molar-refractivity contribution in [3.8, 4) is 5.75 Å². The maximum atomic E-state index is 6.24. The van der Waals surface area contributed by atoms with E-state index < -0.39 is 0 Å². The van der Waals surface area contributed by atoms with Crippen molar-refractivity contribution in [1.82, 2.24) is 15.3 Å². The zero-order valence-corrected chi connectivity index (χ0v) is 17.5. The number of thiazole rings is 1. The van der Waals surface area contributed by atoms with E-state index in [1.807, 2.05) is 36.6 Å². The molecule has 2 aromatic heterocycles. The minimum Gasteiger partial charge on any atom is -0.490 e. The highest BCUT2D eigenvalue weighted by Gasteiger charge is 2.16. The van der Waals surface area contributed by atoms with E-state index in [-0.39, 0.29) is 0 Å². The Bertz CT molecular complexity index is 1050. The fourth-order valence-corrected chi connectivity index (χ4v) is 3.60. The molecular formula is C20H25N7O2S. The third-order valence-electron chi connectivity index (χ3n) is 4.79. The van der Waals surface area contributed by atoms with Crippen molar-refractivity contribution in [2.45, 2.75) is 6.92 Å². The lowest BCUT2D eigenvalue weighted by atomic mass is 10.0. The number of aromatic nitrogens is 2. The first kappa shape index (κ1) is 20.2. The molecule has 30 heavy (non-hydrogen) atoms. The number of oxime groups is 1. The molecule has 0 saturated carbocycles. The molecule has 1 saturated heterocycles. The summed E-state index contributed by atoms with van der Waals surface area (Å²) < 4.78 is 5.76. The topological polar surface area (TPSA) is 133 Å². The second-order valence-electron chi connectivity index (χ2n) is 7.11. The fraction of sp³-hybridized carbons (Fsp3) is 0.350. The summed E-state index contributed by atoms with van der Waals surface area (Å²) in [7, 11) is 0. The molecule has 158 valence electrons. The molecule has 0 radical (unpaired) electrons. The number of nitrogen functional groups attached to an aromatic ring is 2. The van der Waals surface area contributed by atoms with Crippen molar-refractivity contribution < 1.29 is 9.57 Å². The number of pyridine rings is 1. The van der Waals surface area contributed by atoms with Gasteiger partial charge in [0.15, 0.2) is 11.7 Å². The first-order valence-corrected chi connectivity index (χ1v) is 10.6. The van der Waals surface area contributed by atoms with Gasteiger partial charge in [0, 0.05) is 48.1 Å². The minimum absolute atomic E-state index is 0.307. The van der Waals surface area contributed by atoms with E-state index in [4.69, 9.17) is 21.0 Å². The van der Waals surface area contributed by atoms with Gasteiger partial charge >= 0.3 is 0 Å². The maximum absolute atomic E-state index is 6.24. The van der Waals surface area contributed by atoms with Gasteiger partial charge in [-0.25, -0.2) is 9.97 Å². The Morgan fingerprint density at radius 3 is 2.87 bits per heavy atom. The van der Waals surface area contributed by atoms with Gasteiger partial charge in [0.25, 0.3) is 0 Å². The molecule has 1 fully saturated rings. The molecule has 1 aromatic carbocycles. The molecule has 0 atom stereocenters. The Morgan fingerprint density at radius 1 is 1.27 bits per heavy atom. The van der Waals surface area contributed by atoms with Crippen LogP contribution < -0.4 is 26.8 Å². The van der Waals surface area contributed by atoms with Gasteiger partial charge in [0.05, 0.1) is 5.52 Å². The molecule has 0 amide bonds. The normalized spacial score (nSPS) is 14.5. The van der Waals surface area contributed by atoms with Crippen molar-refractivity contribution in [2.75, 3.05) is 49.6 Å². The number of nitrogens with one attached hydrogen (secondary N) is 2. The third-order valence-corrected chi connectivity index (χ3v) is 5.46. The van der Waals surface area contributed by atoms with Gasteiger partial charge in [0.1, 0.15) is 29.6 Å². The van der Waals surface area contributed by atoms with E-state index in [1.54, 1.807) is 0 Å². The summed E-state index contributed by atoms with van der Waals surface area (Å²) in [5.41, 5.74) is 14.7. The van der Waals surface area contributed by atoms with Crippen molar-refractivity contribution in [3.05, 3.63) is 35.3 Å².